The predicted molar refractivity (Wildman–Crippen MR) is 71.9 cm³/mol. The second-order valence-corrected chi connectivity index (χ2v) is 5.31. The first kappa shape index (κ1) is 12.2. The Morgan fingerprint density at radius 2 is 2.06 bits per heavy atom. The van der Waals surface area contributed by atoms with Crippen molar-refractivity contribution < 1.29 is 4.79 Å². The van der Waals surface area contributed by atoms with Crippen LogP contribution in [0.1, 0.15) is 41.3 Å². The quantitative estimate of drug-likeness (QED) is 0.727. The van der Waals surface area contributed by atoms with Gasteiger partial charge in [0.1, 0.15) is 6.29 Å². The van der Waals surface area contributed by atoms with Gasteiger partial charge in [-0.15, -0.1) is 0 Å². The summed E-state index contributed by atoms with van der Waals surface area (Å²) in [6, 6.07) is 4.17. The van der Waals surface area contributed by atoms with Crippen LogP contribution < -0.4 is 4.90 Å². The molecule has 92 valence electrons. The van der Waals surface area contributed by atoms with Gasteiger partial charge in [0, 0.05) is 24.3 Å². The number of piperidine rings is 1. The molecule has 2 nitrogen and oxygen atoms in total. The van der Waals surface area contributed by atoms with Gasteiger partial charge in [0.15, 0.2) is 0 Å². The summed E-state index contributed by atoms with van der Waals surface area (Å²) in [5.74, 6) is 0.772. The lowest BCUT2D eigenvalue weighted by Gasteiger charge is -2.34. The molecule has 0 N–H and O–H groups in total. The average molecular weight is 231 g/mol. The number of hydrogen-bond donors (Lipinski definition) is 0. The van der Waals surface area contributed by atoms with Gasteiger partial charge >= 0.3 is 0 Å². The number of nitrogens with zero attached hydrogens (tertiary/aromatic N) is 1. The number of benzene rings is 1. The smallest absolute Gasteiger partial charge is 0.150 e. The standard InChI is InChI=1S/C15H21NO/c1-11-5-4-6-16(9-11)15-8-12(2)14(10-17)7-13(15)3/h7-8,10-11H,4-6,9H2,1-3H3. The number of carbonyl (C=O) groups is 1. The molecule has 1 aliphatic heterocycles. The van der Waals surface area contributed by atoms with Crippen LogP contribution in [0.25, 0.3) is 0 Å². The third-order valence-electron chi connectivity index (χ3n) is 3.71. The van der Waals surface area contributed by atoms with Crippen LogP contribution in [0.4, 0.5) is 5.69 Å². The third kappa shape index (κ3) is 2.51. The second-order valence-electron chi connectivity index (χ2n) is 5.31. The normalized spacial score (nSPS) is 20.4. The monoisotopic (exact) mass is 231 g/mol. The van der Waals surface area contributed by atoms with Crippen LogP contribution in [0.3, 0.4) is 0 Å². The molecule has 0 aliphatic carbocycles. The molecule has 1 aromatic carbocycles. The Morgan fingerprint density at radius 3 is 2.71 bits per heavy atom. The van der Waals surface area contributed by atoms with E-state index >= 15 is 0 Å². The Bertz CT molecular complexity index is 425. The summed E-state index contributed by atoms with van der Waals surface area (Å²) in [5.41, 5.74) is 4.42. The highest BCUT2D eigenvalue weighted by atomic mass is 16.1. The molecule has 1 aliphatic rings. The zero-order valence-corrected chi connectivity index (χ0v) is 11.0. The SMILES string of the molecule is Cc1cc(N2CCCC(C)C2)c(C)cc1C=O. The summed E-state index contributed by atoms with van der Waals surface area (Å²) in [5, 5.41) is 0. The van der Waals surface area contributed by atoms with Crippen LogP contribution in [0.2, 0.25) is 0 Å². The van der Waals surface area contributed by atoms with Crippen LogP contribution >= 0.6 is 0 Å². The first-order chi connectivity index (χ1) is 8.11. The maximum atomic E-state index is 10.9. The highest BCUT2D eigenvalue weighted by Crippen LogP contribution is 2.28. The molecule has 0 spiro atoms. The van der Waals surface area contributed by atoms with E-state index in [1.165, 1.54) is 24.1 Å². The van der Waals surface area contributed by atoms with Gasteiger partial charge in [-0.25, -0.2) is 0 Å². The third-order valence-corrected chi connectivity index (χ3v) is 3.71. The van der Waals surface area contributed by atoms with Gasteiger partial charge in [-0.2, -0.15) is 0 Å². The van der Waals surface area contributed by atoms with Crippen molar-refractivity contribution in [1.29, 1.82) is 0 Å². The van der Waals surface area contributed by atoms with E-state index in [-0.39, 0.29) is 0 Å². The maximum Gasteiger partial charge on any atom is 0.150 e. The molecule has 1 atom stereocenters. The fourth-order valence-corrected chi connectivity index (χ4v) is 2.70. The van der Waals surface area contributed by atoms with Crippen molar-refractivity contribution >= 4 is 12.0 Å². The number of carbonyl (C=O) groups excluding carboxylic acids is 1. The zero-order chi connectivity index (χ0) is 12.4. The fourth-order valence-electron chi connectivity index (χ4n) is 2.70. The zero-order valence-electron chi connectivity index (χ0n) is 11.0. The maximum absolute atomic E-state index is 10.9. The van der Waals surface area contributed by atoms with Gasteiger partial charge in [-0.3, -0.25) is 4.79 Å². The van der Waals surface area contributed by atoms with E-state index in [0.717, 1.165) is 36.4 Å². The highest BCUT2D eigenvalue weighted by Gasteiger charge is 2.18. The molecule has 1 unspecified atom stereocenters. The predicted octanol–water partition coefficient (Wildman–Crippen LogP) is 3.35. The molecule has 1 aromatic rings. The number of hydrogen-bond acceptors (Lipinski definition) is 2. The van der Waals surface area contributed by atoms with Crippen molar-refractivity contribution in [3.63, 3.8) is 0 Å². The first-order valence-electron chi connectivity index (χ1n) is 6.43. The average Bonchev–Trinajstić information content (AvgIpc) is 2.31. The van der Waals surface area contributed by atoms with Gasteiger partial charge in [0.05, 0.1) is 0 Å². The van der Waals surface area contributed by atoms with Crippen LogP contribution in [-0.4, -0.2) is 19.4 Å². The van der Waals surface area contributed by atoms with Crippen molar-refractivity contribution in [1.82, 2.24) is 0 Å². The van der Waals surface area contributed by atoms with E-state index in [0.29, 0.717) is 0 Å². The van der Waals surface area contributed by atoms with Crippen molar-refractivity contribution in [3.8, 4) is 0 Å². The van der Waals surface area contributed by atoms with Gasteiger partial charge in [0.2, 0.25) is 0 Å². The van der Waals surface area contributed by atoms with E-state index in [1.54, 1.807) is 0 Å². The van der Waals surface area contributed by atoms with Crippen LogP contribution in [-0.2, 0) is 0 Å². The summed E-state index contributed by atoms with van der Waals surface area (Å²) in [6.45, 7) is 8.71. The van der Waals surface area contributed by atoms with E-state index in [1.807, 2.05) is 13.0 Å². The Hall–Kier alpha value is -1.31. The minimum atomic E-state index is 0.772. The number of aryl methyl sites for hydroxylation is 2. The lowest BCUT2D eigenvalue weighted by Crippen LogP contribution is -2.34. The largest absolute Gasteiger partial charge is 0.371 e. The van der Waals surface area contributed by atoms with E-state index in [4.69, 9.17) is 0 Å². The molecule has 17 heavy (non-hydrogen) atoms. The number of rotatable bonds is 2. The van der Waals surface area contributed by atoms with Gasteiger partial charge < -0.3 is 4.90 Å². The lowest BCUT2D eigenvalue weighted by molar-refractivity contribution is 0.112. The highest BCUT2D eigenvalue weighted by molar-refractivity contribution is 5.79. The number of aldehydes is 1. The summed E-state index contributed by atoms with van der Waals surface area (Å²) in [7, 11) is 0. The van der Waals surface area contributed by atoms with Crippen molar-refractivity contribution in [2.24, 2.45) is 5.92 Å². The summed E-state index contributed by atoms with van der Waals surface area (Å²) >= 11 is 0. The molecule has 0 saturated carbocycles. The molecule has 0 amide bonds. The van der Waals surface area contributed by atoms with Crippen LogP contribution in [0, 0.1) is 19.8 Å². The Morgan fingerprint density at radius 1 is 1.29 bits per heavy atom. The molecule has 0 aromatic heterocycles. The van der Waals surface area contributed by atoms with Crippen molar-refractivity contribution in [2.45, 2.75) is 33.6 Å². The molecule has 2 heteroatoms. The lowest BCUT2D eigenvalue weighted by atomic mass is 9.97. The molecule has 0 bridgehead atoms. The van der Waals surface area contributed by atoms with Gasteiger partial charge in [0.25, 0.3) is 0 Å². The molecule has 0 radical (unpaired) electrons. The Labute approximate surface area is 104 Å². The molecular weight excluding hydrogens is 210 g/mol. The van der Waals surface area contributed by atoms with Gasteiger partial charge in [-0.05, 0) is 55.9 Å². The first-order valence-corrected chi connectivity index (χ1v) is 6.43. The molecule has 1 saturated heterocycles. The molecule has 1 heterocycles. The summed E-state index contributed by atoms with van der Waals surface area (Å²) in [6.07, 6.45) is 3.56. The van der Waals surface area contributed by atoms with Gasteiger partial charge in [-0.1, -0.05) is 6.92 Å². The van der Waals surface area contributed by atoms with E-state index < -0.39 is 0 Å². The van der Waals surface area contributed by atoms with Crippen LogP contribution in [0.5, 0.6) is 0 Å². The van der Waals surface area contributed by atoms with Crippen molar-refractivity contribution in [2.75, 3.05) is 18.0 Å². The van der Waals surface area contributed by atoms with Crippen LogP contribution in [0.15, 0.2) is 12.1 Å². The minimum absolute atomic E-state index is 0.772. The Balaban J connectivity index is 2.31. The minimum Gasteiger partial charge on any atom is -0.371 e. The molecular formula is C15H21NO. The van der Waals surface area contributed by atoms with Crippen molar-refractivity contribution in [3.05, 3.63) is 28.8 Å². The van der Waals surface area contributed by atoms with E-state index in [9.17, 15) is 4.79 Å². The second kappa shape index (κ2) is 4.91. The van der Waals surface area contributed by atoms with E-state index in [2.05, 4.69) is 24.8 Å². The molecule has 2 rings (SSSR count). The topological polar surface area (TPSA) is 20.3 Å². The summed E-state index contributed by atoms with van der Waals surface area (Å²) < 4.78 is 0. The number of anilines is 1. The fraction of sp³-hybridized carbons (Fsp3) is 0.533. The Kier molecular flexibility index (Phi) is 3.51. The molecule has 1 fully saturated rings. The summed E-state index contributed by atoms with van der Waals surface area (Å²) in [4.78, 5) is 13.4.